The molecule has 3 rings (SSSR count). The van der Waals surface area contributed by atoms with Gasteiger partial charge in [0.25, 0.3) is 11.5 Å². The van der Waals surface area contributed by atoms with Crippen molar-refractivity contribution in [2.45, 2.75) is 20.8 Å². The molecule has 3 aromatic rings. The maximum absolute atomic E-state index is 12.4. The number of carbonyl (C=O) groups excluding carboxylic acids is 1. The van der Waals surface area contributed by atoms with Gasteiger partial charge in [-0.15, -0.1) is 11.3 Å². The van der Waals surface area contributed by atoms with Crippen molar-refractivity contribution < 1.29 is 4.79 Å². The van der Waals surface area contributed by atoms with Crippen LogP contribution < -0.4 is 10.9 Å². The lowest BCUT2D eigenvalue weighted by molar-refractivity contribution is 0.102. The predicted octanol–water partition coefficient (Wildman–Crippen LogP) is 2.93. The molecule has 6 heteroatoms. The number of nitrogens with one attached hydrogen (secondary N) is 1. The van der Waals surface area contributed by atoms with E-state index >= 15 is 0 Å². The van der Waals surface area contributed by atoms with Crippen LogP contribution in [0.1, 0.15) is 27.2 Å². The molecule has 0 saturated heterocycles. The lowest BCUT2D eigenvalue weighted by atomic mass is 10.1. The first kappa shape index (κ1) is 14.5. The first-order valence-electron chi connectivity index (χ1n) is 6.82. The number of nitrogens with zero attached hydrogens (tertiary/aromatic N) is 2. The predicted molar refractivity (Wildman–Crippen MR) is 87.9 cm³/mol. The second-order valence-corrected chi connectivity index (χ2v) is 6.08. The van der Waals surface area contributed by atoms with Crippen LogP contribution in [0.25, 0.3) is 4.96 Å². The van der Waals surface area contributed by atoms with Crippen LogP contribution in [-0.2, 0) is 0 Å². The monoisotopic (exact) mass is 313 g/mol. The van der Waals surface area contributed by atoms with Crippen molar-refractivity contribution in [3.8, 4) is 0 Å². The Morgan fingerprint density at radius 2 is 2.05 bits per heavy atom. The minimum atomic E-state index is -0.440. The molecule has 22 heavy (non-hydrogen) atoms. The van der Waals surface area contributed by atoms with Crippen LogP contribution in [0.15, 0.2) is 34.6 Å². The van der Waals surface area contributed by atoms with Crippen molar-refractivity contribution in [3.05, 3.63) is 62.5 Å². The molecule has 0 bridgehead atoms. The van der Waals surface area contributed by atoms with E-state index in [1.165, 1.54) is 21.9 Å². The zero-order chi connectivity index (χ0) is 15.9. The molecular weight excluding hydrogens is 298 g/mol. The summed E-state index contributed by atoms with van der Waals surface area (Å²) >= 11 is 1.38. The van der Waals surface area contributed by atoms with E-state index in [2.05, 4.69) is 10.3 Å². The van der Waals surface area contributed by atoms with Crippen LogP contribution in [-0.4, -0.2) is 15.3 Å². The third-order valence-corrected chi connectivity index (χ3v) is 4.45. The maximum atomic E-state index is 12.4. The van der Waals surface area contributed by atoms with E-state index in [1.54, 1.807) is 0 Å². The first-order chi connectivity index (χ1) is 10.5. The number of aromatic nitrogens is 2. The molecular formula is C16H15N3O2S. The van der Waals surface area contributed by atoms with Crippen LogP contribution in [0, 0.1) is 20.8 Å². The lowest BCUT2D eigenvalue weighted by Crippen LogP contribution is -2.26. The van der Waals surface area contributed by atoms with Gasteiger partial charge in [-0.3, -0.25) is 14.0 Å². The number of anilines is 1. The zero-order valence-electron chi connectivity index (χ0n) is 12.5. The molecule has 0 aliphatic heterocycles. The summed E-state index contributed by atoms with van der Waals surface area (Å²) in [5.41, 5.74) is 3.24. The Bertz CT molecular complexity index is 940. The van der Waals surface area contributed by atoms with Crippen molar-refractivity contribution in [1.29, 1.82) is 0 Å². The van der Waals surface area contributed by atoms with Gasteiger partial charge in [0, 0.05) is 23.0 Å². The second-order valence-electron chi connectivity index (χ2n) is 5.24. The van der Waals surface area contributed by atoms with Gasteiger partial charge < -0.3 is 5.32 Å². The summed E-state index contributed by atoms with van der Waals surface area (Å²) in [6.45, 7) is 5.72. The number of aryl methyl sites for hydroxylation is 3. The molecule has 2 aromatic heterocycles. The highest BCUT2D eigenvalue weighted by molar-refractivity contribution is 7.15. The summed E-state index contributed by atoms with van der Waals surface area (Å²) in [7, 11) is 0. The van der Waals surface area contributed by atoms with Gasteiger partial charge in [-0.25, -0.2) is 4.98 Å². The van der Waals surface area contributed by atoms with E-state index in [9.17, 15) is 9.59 Å². The van der Waals surface area contributed by atoms with Crippen molar-refractivity contribution in [3.63, 3.8) is 0 Å². The van der Waals surface area contributed by atoms with Crippen molar-refractivity contribution in [2.24, 2.45) is 0 Å². The second kappa shape index (κ2) is 5.38. The molecule has 0 radical (unpaired) electrons. The van der Waals surface area contributed by atoms with Crippen molar-refractivity contribution in [1.82, 2.24) is 9.38 Å². The largest absolute Gasteiger partial charge is 0.322 e. The number of amides is 1. The molecule has 0 unspecified atom stereocenters. The molecule has 1 N–H and O–H groups in total. The molecule has 0 aliphatic carbocycles. The number of thiazole rings is 1. The summed E-state index contributed by atoms with van der Waals surface area (Å²) in [6, 6.07) is 5.73. The topological polar surface area (TPSA) is 63.5 Å². The highest BCUT2D eigenvalue weighted by Crippen LogP contribution is 2.17. The Kier molecular flexibility index (Phi) is 3.54. The summed E-state index contributed by atoms with van der Waals surface area (Å²) < 4.78 is 1.46. The molecule has 0 atom stereocenters. The summed E-state index contributed by atoms with van der Waals surface area (Å²) in [5, 5.41) is 4.62. The number of hydrogen-bond donors (Lipinski definition) is 1. The average Bonchev–Trinajstić information content (AvgIpc) is 2.84. The number of rotatable bonds is 2. The van der Waals surface area contributed by atoms with E-state index in [0.29, 0.717) is 10.6 Å². The number of carbonyl (C=O) groups is 1. The van der Waals surface area contributed by atoms with Gasteiger partial charge in [-0.05, 0) is 32.4 Å². The first-order valence-corrected chi connectivity index (χ1v) is 7.70. The van der Waals surface area contributed by atoms with Gasteiger partial charge in [-0.1, -0.05) is 17.7 Å². The van der Waals surface area contributed by atoms with Gasteiger partial charge in [0.05, 0.1) is 0 Å². The molecule has 2 heterocycles. The Morgan fingerprint density at radius 3 is 2.77 bits per heavy atom. The van der Waals surface area contributed by atoms with E-state index < -0.39 is 5.91 Å². The summed E-state index contributed by atoms with van der Waals surface area (Å²) in [5.74, 6) is -0.440. The molecule has 1 aromatic carbocycles. The fraction of sp³-hybridized carbons (Fsp3) is 0.188. The molecule has 0 aliphatic rings. The normalized spacial score (nSPS) is 10.9. The van der Waals surface area contributed by atoms with Crippen LogP contribution in [0.2, 0.25) is 0 Å². The zero-order valence-corrected chi connectivity index (χ0v) is 13.3. The molecule has 0 spiro atoms. The lowest BCUT2D eigenvalue weighted by Gasteiger charge is -2.09. The average molecular weight is 313 g/mol. The fourth-order valence-corrected chi connectivity index (χ4v) is 3.15. The van der Waals surface area contributed by atoms with E-state index in [1.807, 2.05) is 44.4 Å². The molecule has 1 amide bonds. The quantitative estimate of drug-likeness (QED) is 0.791. The standard InChI is InChI=1S/C16H15N3O2S/c1-9-4-5-13(10(2)6-9)18-14(20)12-7-17-16-19(15(12)21)11(3)8-22-16/h4-8H,1-3H3,(H,18,20). The highest BCUT2D eigenvalue weighted by atomic mass is 32.1. The number of benzene rings is 1. The van der Waals surface area contributed by atoms with Gasteiger partial charge in [0.15, 0.2) is 4.96 Å². The van der Waals surface area contributed by atoms with E-state index in [0.717, 1.165) is 16.8 Å². The Labute approximate surface area is 131 Å². The van der Waals surface area contributed by atoms with E-state index in [4.69, 9.17) is 0 Å². The Morgan fingerprint density at radius 1 is 1.27 bits per heavy atom. The van der Waals surface area contributed by atoms with Crippen LogP contribution in [0.5, 0.6) is 0 Å². The SMILES string of the molecule is Cc1ccc(NC(=O)c2cnc3scc(C)n3c2=O)c(C)c1. The summed E-state index contributed by atoms with van der Waals surface area (Å²) in [6.07, 6.45) is 1.34. The van der Waals surface area contributed by atoms with E-state index in [-0.39, 0.29) is 11.1 Å². The van der Waals surface area contributed by atoms with Gasteiger partial charge >= 0.3 is 0 Å². The minimum absolute atomic E-state index is 0.0407. The smallest absolute Gasteiger partial charge is 0.271 e. The van der Waals surface area contributed by atoms with Gasteiger partial charge in [0.1, 0.15) is 5.56 Å². The molecule has 0 saturated carbocycles. The Hall–Kier alpha value is -2.47. The molecule has 0 fully saturated rings. The number of hydrogen-bond acceptors (Lipinski definition) is 4. The summed E-state index contributed by atoms with van der Waals surface area (Å²) in [4.78, 5) is 29.6. The molecule has 5 nitrogen and oxygen atoms in total. The number of fused-ring (bicyclic) bond motifs is 1. The fourth-order valence-electron chi connectivity index (χ4n) is 2.32. The third-order valence-electron chi connectivity index (χ3n) is 3.49. The van der Waals surface area contributed by atoms with Crippen LogP contribution in [0.4, 0.5) is 5.69 Å². The third kappa shape index (κ3) is 2.42. The Balaban J connectivity index is 2.00. The van der Waals surface area contributed by atoms with Gasteiger partial charge in [-0.2, -0.15) is 0 Å². The highest BCUT2D eigenvalue weighted by Gasteiger charge is 2.16. The van der Waals surface area contributed by atoms with Crippen molar-refractivity contribution in [2.75, 3.05) is 5.32 Å². The van der Waals surface area contributed by atoms with Crippen LogP contribution in [0.3, 0.4) is 0 Å². The molecule has 112 valence electrons. The minimum Gasteiger partial charge on any atom is -0.322 e. The maximum Gasteiger partial charge on any atom is 0.271 e. The van der Waals surface area contributed by atoms with Gasteiger partial charge in [0.2, 0.25) is 0 Å². The van der Waals surface area contributed by atoms with Crippen molar-refractivity contribution >= 4 is 27.9 Å². The van der Waals surface area contributed by atoms with Crippen LogP contribution >= 0.6 is 11.3 Å².